The zero-order chi connectivity index (χ0) is 24.7. The van der Waals surface area contributed by atoms with Gasteiger partial charge < -0.3 is 5.32 Å². The minimum Gasteiger partial charge on any atom is -0.325 e. The minimum atomic E-state index is -1.22. The van der Waals surface area contributed by atoms with Gasteiger partial charge in [0.2, 0.25) is 16.7 Å². The molecule has 1 saturated heterocycles. The quantitative estimate of drug-likeness (QED) is 0.550. The van der Waals surface area contributed by atoms with E-state index in [9.17, 15) is 14.4 Å². The van der Waals surface area contributed by atoms with Crippen LogP contribution in [0, 0.1) is 6.92 Å². The van der Waals surface area contributed by atoms with Crippen molar-refractivity contribution in [3.63, 3.8) is 0 Å². The predicted molar refractivity (Wildman–Crippen MR) is 141 cm³/mol. The molecule has 0 radical (unpaired) electrons. The Kier molecular flexibility index (Phi) is 5.89. The van der Waals surface area contributed by atoms with Gasteiger partial charge in [0.15, 0.2) is 0 Å². The average molecular weight is 486 g/mol. The Morgan fingerprint density at radius 2 is 1.77 bits per heavy atom. The summed E-state index contributed by atoms with van der Waals surface area (Å²) in [6, 6.07) is 22.8. The van der Waals surface area contributed by atoms with Crippen LogP contribution < -0.4 is 15.1 Å². The van der Waals surface area contributed by atoms with Crippen molar-refractivity contribution in [1.29, 1.82) is 0 Å². The third kappa shape index (κ3) is 3.90. The highest BCUT2D eigenvalue weighted by atomic mass is 32.2. The van der Waals surface area contributed by atoms with Gasteiger partial charge in [-0.3, -0.25) is 24.2 Å². The van der Waals surface area contributed by atoms with Crippen LogP contribution in [0.4, 0.5) is 17.1 Å². The van der Waals surface area contributed by atoms with Crippen molar-refractivity contribution >= 4 is 46.5 Å². The van der Waals surface area contributed by atoms with Gasteiger partial charge in [-0.2, -0.15) is 0 Å². The Balaban J connectivity index is 1.46. The molecule has 178 valence electrons. The Bertz CT molecular complexity index is 1320. The fraction of sp³-hybridized carbons (Fsp3) is 0.250. The number of thioether (sulfide) groups is 1. The van der Waals surface area contributed by atoms with Crippen molar-refractivity contribution in [2.45, 2.75) is 31.6 Å². The van der Waals surface area contributed by atoms with Crippen LogP contribution >= 0.6 is 11.8 Å². The number of hydrogen-bond acceptors (Lipinski definition) is 4. The second kappa shape index (κ2) is 8.89. The van der Waals surface area contributed by atoms with E-state index < -0.39 is 4.87 Å². The third-order valence-electron chi connectivity index (χ3n) is 6.49. The first-order valence-corrected chi connectivity index (χ1v) is 12.6. The predicted octanol–water partition coefficient (Wildman–Crippen LogP) is 5.04. The first-order chi connectivity index (χ1) is 16.8. The lowest BCUT2D eigenvalue weighted by atomic mass is 10.0. The maximum atomic E-state index is 14.0. The Morgan fingerprint density at radius 1 is 1.03 bits per heavy atom. The number of nitrogens with zero attached hydrogens (tertiary/aromatic N) is 2. The second-order valence-corrected chi connectivity index (χ2v) is 10.4. The maximum Gasteiger partial charge on any atom is 0.269 e. The van der Waals surface area contributed by atoms with Crippen LogP contribution in [0.15, 0.2) is 72.8 Å². The van der Waals surface area contributed by atoms with Crippen molar-refractivity contribution in [2.24, 2.45) is 0 Å². The van der Waals surface area contributed by atoms with E-state index in [1.54, 1.807) is 4.90 Å². The molecule has 5 rings (SSSR count). The molecule has 3 amide bonds. The zero-order valence-electron chi connectivity index (χ0n) is 19.9. The smallest absolute Gasteiger partial charge is 0.269 e. The molecule has 0 saturated carbocycles. The summed E-state index contributed by atoms with van der Waals surface area (Å²) in [5.74, 6) is -0.103. The maximum absolute atomic E-state index is 14.0. The average Bonchev–Trinajstić information content (AvgIpc) is 3.30. The second-order valence-electron chi connectivity index (χ2n) is 9.23. The summed E-state index contributed by atoms with van der Waals surface area (Å²) in [6.07, 6.45) is 0. The fourth-order valence-corrected chi connectivity index (χ4v) is 6.13. The monoisotopic (exact) mass is 485 g/mol. The summed E-state index contributed by atoms with van der Waals surface area (Å²) >= 11 is 1.31. The van der Waals surface area contributed by atoms with Crippen LogP contribution in [0.2, 0.25) is 0 Å². The number of rotatable bonds is 5. The summed E-state index contributed by atoms with van der Waals surface area (Å²) in [5.41, 5.74) is 4.94. The van der Waals surface area contributed by atoms with Crippen LogP contribution in [0.25, 0.3) is 0 Å². The standard InChI is InChI=1S/C28H27N3O3S/c1-18(2)20-11-13-21(14-12-20)29-25(32)16-30-24-10-5-4-9-23(24)28(27(30)34)31(26(33)17-35-28)22-8-6-7-19(3)15-22/h4-15,18H,16-17H2,1-3H3,(H,29,32). The molecule has 3 aromatic carbocycles. The topological polar surface area (TPSA) is 69.7 Å². The summed E-state index contributed by atoms with van der Waals surface area (Å²) < 4.78 is 0. The molecular weight excluding hydrogens is 458 g/mol. The lowest BCUT2D eigenvalue weighted by molar-refractivity contribution is -0.124. The lowest BCUT2D eigenvalue weighted by Gasteiger charge is -2.33. The van der Waals surface area contributed by atoms with Gasteiger partial charge in [0.25, 0.3) is 5.91 Å². The fourth-order valence-electron chi connectivity index (χ4n) is 4.77. The number of nitrogens with one attached hydrogen (secondary N) is 1. The molecule has 0 bridgehead atoms. The number of benzene rings is 3. The largest absolute Gasteiger partial charge is 0.325 e. The van der Waals surface area contributed by atoms with Crippen molar-refractivity contribution < 1.29 is 14.4 Å². The molecule has 2 aliphatic heterocycles. The van der Waals surface area contributed by atoms with Gasteiger partial charge in [-0.05, 0) is 54.3 Å². The SMILES string of the molecule is Cc1cccc(N2C(=O)CSC23C(=O)N(CC(=O)Nc2ccc(C(C)C)cc2)c2ccccc23)c1. The van der Waals surface area contributed by atoms with Crippen molar-refractivity contribution in [2.75, 3.05) is 27.4 Å². The molecule has 3 aromatic rings. The van der Waals surface area contributed by atoms with Crippen LogP contribution in [0.1, 0.15) is 36.5 Å². The zero-order valence-corrected chi connectivity index (χ0v) is 20.8. The number of carbonyl (C=O) groups is 3. The van der Waals surface area contributed by atoms with E-state index in [2.05, 4.69) is 19.2 Å². The molecule has 1 fully saturated rings. The molecule has 1 unspecified atom stereocenters. The third-order valence-corrected chi connectivity index (χ3v) is 7.87. The molecule has 7 heteroatoms. The molecule has 2 heterocycles. The molecule has 6 nitrogen and oxygen atoms in total. The van der Waals surface area contributed by atoms with Crippen LogP contribution in [0.5, 0.6) is 0 Å². The van der Waals surface area contributed by atoms with Gasteiger partial charge in [-0.25, -0.2) is 0 Å². The van der Waals surface area contributed by atoms with Gasteiger partial charge in [0.1, 0.15) is 6.54 Å². The lowest BCUT2D eigenvalue weighted by Crippen LogP contribution is -2.50. The van der Waals surface area contributed by atoms with Crippen molar-refractivity contribution in [3.05, 3.63) is 89.5 Å². The van der Waals surface area contributed by atoms with Gasteiger partial charge in [-0.1, -0.05) is 56.3 Å². The molecule has 35 heavy (non-hydrogen) atoms. The van der Waals surface area contributed by atoms with Crippen LogP contribution in [-0.4, -0.2) is 30.0 Å². The Labute approximate surface area is 209 Å². The van der Waals surface area contributed by atoms with Crippen molar-refractivity contribution in [1.82, 2.24) is 0 Å². The van der Waals surface area contributed by atoms with Crippen LogP contribution in [0.3, 0.4) is 0 Å². The number of fused-ring (bicyclic) bond motifs is 2. The highest BCUT2D eigenvalue weighted by Gasteiger charge is 2.61. The number of hydrogen-bond donors (Lipinski definition) is 1. The molecule has 2 aliphatic rings. The molecule has 1 N–H and O–H groups in total. The summed E-state index contributed by atoms with van der Waals surface area (Å²) in [5, 5.41) is 2.90. The summed E-state index contributed by atoms with van der Waals surface area (Å²) in [7, 11) is 0. The van der Waals surface area contributed by atoms with Crippen LogP contribution in [-0.2, 0) is 19.3 Å². The summed E-state index contributed by atoms with van der Waals surface area (Å²) in [4.78, 5) is 42.0. The number of carbonyl (C=O) groups excluding carboxylic acids is 3. The number of anilines is 3. The first kappa shape index (κ1) is 23.2. The number of aryl methyl sites for hydroxylation is 1. The van der Waals surface area contributed by atoms with E-state index in [1.807, 2.05) is 79.7 Å². The number of amides is 3. The summed E-state index contributed by atoms with van der Waals surface area (Å²) in [6.45, 7) is 6.05. The van der Waals surface area contributed by atoms with E-state index in [4.69, 9.17) is 0 Å². The molecule has 1 spiro atoms. The van der Waals surface area contributed by atoms with Gasteiger partial charge in [0, 0.05) is 16.9 Å². The Hall–Kier alpha value is -3.58. The van der Waals surface area contributed by atoms with Crippen molar-refractivity contribution in [3.8, 4) is 0 Å². The van der Waals surface area contributed by atoms with E-state index in [-0.39, 0.29) is 30.0 Å². The molecule has 0 aromatic heterocycles. The van der Waals surface area contributed by atoms with E-state index in [0.717, 1.165) is 11.1 Å². The molecular formula is C28H27N3O3S. The molecule has 1 atom stereocenters. The van der Waals surface area contributed by atoms with E-state index in [0.29, 0.717) is 23.0 Å². The molecule has 0 aliphatic carbocycles. The Morgan fingerprint density at radius 3 is 2.49 bits per heavy atom. The van der Waals surface area contributed by atoms with Gasteiger partial charge in [0.05, 0.1) is 11.4 Å². The highest BCUT2D eigenvalue weighted by Crippen LogP contribution is 2.55. The number of para-hydroxylation sites is 1. The minimum absolute atomic E-state index is 0.125. The van der Waals surface area contributed by atoms with Gasteiger partial charge in [-0.15, -0.1) is 11.8 Å². The van der Waals surface area contributed by atoms with E-state index in [1.165, 1.54) is 22.2 Å². The first-order valence-electron chi connectivity index (χ1n) is 11.7. The van der Waals surface area contributed by atoms with E-state index >= 15 is 0 Å². The highest BCUT2D eigenvalue weighted by molar-refractivity contribution is 8.02. The normalized spacial score (nSPS) is 19.1. The van der Waals surface area contributed by atoms with Gasteiger partial charge >= 0.3 is 0 Å².